The number of nitrogens with one attached hydrogen (secondary N) is 1. The monoisotopic (exact) mass is 389 g/mol. The van der Waals surface area contributed by atoms with E-state index in [1.165, 1.54) is 17.5 Å². The van der Waals surface area contributed by atoms with Crippen LogP contribution in [-0.2, 0) is 12.8 Å². The van der Waals surface area contributed by atoms with Gasteiger partial charge in [-0.1, -0.05) is 6.07 Å². The van der Waals surface area contributed by atoms with E-state index in [1.54, 1.807) is 6.20 Å². The van der Waals surface area contributed by atoms with Crippen LogP contribution in [0, 0.1) is 0 Å². The number of carbonyl (C=O) groups is 1. The molecule has 0 radical (unpaired) electrons. The molecule has 2 amide bonds. The van der Waals surface area contributed by atoms with Crippen molar-refractivity contribution in [3.8, 4) is 0 Å². The van der Waals surface area contributed by atoms with Crippen molar-refractivity contribution in [1.82, 2.24) is 19.4 Å². The van der Waals surface area contributed by atoms with Crippen LogP contribution in [0.25, 0.3) is 11.0 Å². The summed E-state index contributed by atoms with van der Waals surface area (Å²) in [7, 11) is 0. The molecule has 6 nitrogen and oxygen atoms in total. The average molecular weight is 390 g/mol. The van der Waals surface area contributed by atoms with E-state index >= 15 is 0 Å². The minimum absolute atomic E-state index is 0.0145. The first-order chi connectivity index (χ1) is 14.1. The molecule has 6 heteroatoms. The Morgan fingerprint density at radius 1 is 1.21 bits per heavy atom. The number of carbonyl (C=O) groups excluding carboxylic acids is 1. The lowest BCUT2D eigenvalue weighted by molar-refractivity contribution is 0.222. The van der Waals surface area contributed by atoms with Crippen molar-refractivity contribution in [2.24, 2.45) is 0 Å². The van der Waals surface area contributed by atoms with Crippen molar-refractivity contribution < 1.29 is 4.79 Å². The summed E-state index contributed by atoms with van der Waals surface area (Å²) < 4.78 is 2.27. The lowest BCUT2D eigenvalue weighted by atomic mass is 10.1. The number of imidazole rings is 1. The van der Waals surface area contributed by atoms with E-state index in [0.717, 1.165) is 48.4 Å². The van der Waals surface area contributed by atoms with Gasteiger partial charge in [0.05, 0.1) is 17.2 Å². The van der Waals surface area contributed by atoms with Crippen LogP contribution in [0.15, 0.2) is 36.7 Å². The van der Waals surface area contributed by atoms with Gasteiger partial charge in [0, 0.05) is 36.9 Å². The predicted molar refractivity (Wildman–Crippen MR) is 114 cm³/mol. The van der Waals surface area contributed by atoms with E-state index < -0.39 is 0 Å². The number of hydrogen-bond donors (Lipinski definition) is 1. The Hall–Kier alpha value is -2.89. The number of hydrogen-bond acceptors (Lipinski definition) is 3. The number of aromatic nitrogens is 3. The zero-order chi connectivity index (χ0) is 20.0. The molecule has 1 N–H and O–H groups in total. The third-order valence-electron chi connectivity index (χ3n) is 6.23. The van der Waals surface area contributed by atoms with Crippen LogP contribution in [0.5, 0.6) is 0 Å². The number of benzene rings is 1. The Balaban J connectivity index is 1.33. The third-order valence-corrected chi connectivity index (χ3v) is 6.23. The number of urea groups is 1. The SMILES string of the molecule is CC(C)n1c(C2CCN(C(=O)Nc3ccc4c(c3)CCC4)C2)nc2ccncc21. The van der Waals surface area contributed by atoms with E-state index in [4.69, 9.17) is 4.98 Å². The highest BCUT2D eigenvalue weighted by atomic mass is 16.2. The Bertz CT molecular complexity index is 1070. The Morgan fingerprint density at radius 3 is 2.93 bits per heavy atom. The highest BCUT2D eigenvalue weighted by Gasteiger charge is 2.31. The number of pyridine rings is 1. The molecule has 2 aliphatic rings. The molecule has 0 saturated carbocycles. The van der Waals surface area contributed by atoms with Gasteiger partial charge in [-0.25, -0.2) is 9.78 Å². The summed E-state index contributed by atoms with van der Waals surface area (Å²) >= 11 is 0. The quantitative estimate of drug-likeness (QED) is 0.716. The first kappa shape index (κ1) is 18.2. The van der Waals surface area contributed by atoms with Crippen LogP contribution in [0.4, 0.5) is 10.5 Å². The predicted octanol–water partition coefficient (Wildman–Crippen LogP) is 4.52. The molecule has 150 valence electrons. The van der Waals surface area contributed by atoms with E-state index in [-0.39, 0.29) is 11.9 Å². The minimum atomic E-state index is -0.0145. The van der Waals surface area contributed by atoms with Crippen LogP contribution in [0.3, 0.4) is 0 Å². The van der Waals surface area contributed by atoms with Gasteiger partial charge < -0.3 is 14.8 Å². The van der Waals surface area contributed by atoms with E-state index in [0.29, 0.717) is 12.6 Å². The first-order valence-electron chi connectivity index (χ1n) is 10.6. The van der Waals surface area contributed by atoms with Crippen molar-refractivity contribution in [3.63, 3.8) is 0 Å². The Labute approximate surface area is 171 Å². The highest BCUT2D eigenvalue weighted by Crippen LogP contribution is 2.32. The summed E-state index contributed by atoms with van der Waals surface area (Å²) in [6.45, 7) is 5.79. The van der Waals surface area contributed by atoms with Crippen LogP contribution in [0.1, 0.15) is 55.6 Å². The average Bonchev–Trinajstić information content (AvgIpc) is 3.44. The normalized spacial score (nSPS) is 18.6. The zero-order valence-corrected chi connectivity index (χ0v) is 17.1. The molecule has 1 atom stereocenters. The van der Waals surface area contributed by atoms with E-state index in [1.807, 2.05) is 23.2 Å². The van der Waals surface area contributed by atoms with E-state index in [9.17, 15) is 4.79 Å². The maximum Gasteiger partial charge on any atom is 0.321 e. The van der Waals surface area contributed by atoms with E-state index in [2.05, 4.69) is 40.8 Å². The van der Waals surface area contributed by atoms with Gasteiger partial charge in [-0.05, 0) is 68.9 Å². The molecule has 3 aromatic rings. The number of rotatable bonds is 3. The lowest BCUT2D eigenvalue weighted by Gasteiger charge is -2.19. The van der Waals surface area contributed by atoms with Gasteiger partial charge in [-0.2, -0.15) is 0 Å². The van der Waals surface area contributed by atoms with Gasteiger partial charge in [0.1, 0.15) is 5.82 Å². The molecule has 5 rings (SSSR count). The molecular weight excluding hydrogens is 362 g/mol. The van der Waals surface area contributed by atoms with Crippen molar-refractivity contribution in [2.75, 3.05) is 18.4 Å². The molecule has 2 aromatic heterocycles. The number of anilines is 1. The standard InChI is InChI=1S/C23H27N5O/c1-15(2)28-21-13-24-10-8-20(21)26-22(28)18-9-11-27(14-18)23(29)25-19-7-6-16-4-3-5-17(16)12-19/h6-8,10,12-13,15,18H,3-5,9,11,14H2,1-2H3,(H,25,29). The molecule has 1 unspecified atom stereocenters. The molecule has 1 aliphatic carbocycles. The molecule has 0 spiro atoms. The maximum atomic E-state index is 12.9. The van der Waals surface area contributed by atoms with Crippen molar-refractivity contribution >= 4 is 22.8 Å². The number of amides is 2. The topological polar surface area (TPSA) is 63.1 Å². The number of nitrogens with zero attached hydrogens (tertiary/aromatic N) is 4. The number of aryl methyl sites for hydroxylation is 2. The van der Waals surface area contributed by atoms with Gasteiger partial charge >= 0.3 is 6.03 Å². The summed E-state index contributed by atoms with van der Waals surface area (Å²) in [5.74, 6) is 1.31. The van der Waals surface area contributed by atoms with Gasteiger partial charge in [0.25, 0.3) is 0 Å². The number of fused-ring (bicyclic) bond motifs is 2. The van der Waals surface area contributed by atoms with Crippen LogP contribution >= 0.6 is 0 Å². The summed E-state index contributed by atoms with van der Waals surface area (Å²) in [6.07, 6.45) is 8.09. The molecule has 29 heavy (non-hydrogen) atoms. The van der Waals surface area contributed by atoms with Crippen molar-refractivity contribution in [1.29, 1.82) is 0 Å². The fraction of sp³-hybridized carbons (Fsp3) is 0.435. The molecule has 1 fully saturated rings. The second-order valence-electron chi connectivity index (χ2n) is 8.50. The largest absolute Gasteiger partial charge is 0.324 e. The Morgan fingerprint density at radius 2 is 2.07 bits per heavy atom. The second kappa shape index (κ2) is 7.17. The summed E-state index contributed by atoms with van der Waals surface area (Å²) in [5, 5.41) is 3.10. The lowest BCUT2D eigenvalue weighted by Crippen LogP contribution is -2.33. The van der Waals surface area contributed by atoms with Crippen LogP contribution in [0.2, 0.25) is 0 Å². The van der Waals surface area contributed by atoms with Gasteiger partial charge in [0.15, 0.2) is 0 Å². The second-order valence-corrected chi connectivity index (χ2v) is 8.50. The molecular formula is C23H27N5O. The van der Waals surface area contributed by atoms with Gasteiger partial charge in [-0.3, -0.25) is 4.98 Å². The first-order valence-corrected chi connectivity index (χ1v) is 10.6. The molecule has 3 heterocycles. The zero-order valence-electron chi connectivity index (χ0n) is 17.1. The van der Waals surface area contributed by atoms with Crippen LogP contribution in [-0.4, -0.2) is 38.6 Å². The highest BCUT2D eigenvalue weighted by molar-refractivity contribution is 5.89. The molecule has 1 aliphatic heterocycles. The third kappa shape index (κ3) is 3.26. The molecule has 1 aromatic carbocycles. The fourth-order valence-corrected chi connectivity index (χ4v) is 4.80. The maximum absolute atomic E-state index is 12.9. The molecule has 0 bridgehead atoms. The summed E-state index contributed by atoms with van der Waals surface area (Å²) in [4.78, 5) is 23.9. The minimum Gasteiger partial charge on any atom is -0.324 e. The fourth-order valence-electron chi connectivity index (χ4n) is 4.80. The van der Waals surface area contributed by atoms with Gasteiger partial charge in [-0.15, -0.1) is 0 Å². The summed E-state index contributed by atoms with van der Waals surface area (Å²) in [5.41, 5.74) is 5.75. The Kier molecular flexibility index (Phi) is 4.49. The molecule has 1 saturated heterocycles. The number of likely N-dealkylation sites (tertiary alicyclic amines) is 1. The van der Waals surface area contributed by atoms with Crippen molar-refractivity contribution in [2.45, 2.75) is 51.5 Å². The van der Waals surface area contributed by atoms with Gasteiger partial charge in [0.2, 0.25) is 0 Å². The van der Waals surface area contributed by atoms with Crippen LogP contribution < -0.4 is 5.32 Å². The summed E-state index contributed by atoms with van der Waals surface area (Å²) in [6, 6.07) is 8.57. The van der Waals surface area contributed by atoms with Crippen molar-refractivity contribution in [3.05, 3.63) is 53.6 Å². The smallest absolute Gasteiger partial charge is 0.321 e.